The Morgan fingerprint density at radius 1 is 0.212 bits per heavy atom. The van der Waals surface area contributed by atoms with Crippen molar-refractivity contribution < 1.29 is 51.4 Å². The Morgan fingerprint density at radius 2 is 0.487 bits per heavy atom. The second-order valence-electron chi connectivity index (χ2n) is 28.2. The third kappa shape index (κ3) is 2.01. The van der Waals surface area contributed by atoms with E-state index in [1.54, 1.807) is 311 Å². The molecule has 0 unspecified atom stereocenters. The second kappa shape index (κ2) is 8.34. The van der Waals surface area contributed by atoms with Gasteiger partial charge in [0.15, 0.2) is 0 Å². The van der Waals surface area contributed by atoms with Crippen molar-refractivity contribution in [2.24, 2.45) is 0 Å². The van der Waals surface area contributed by atoms with E-state index in [2.05, 4.69) is 91.0 Å². The summed E-state index contributed by atoms with van der Waals surface area (Å²) in [6.07, 6.45) is 0.972. The molecular weight excluding hydrogens is 988 g/mol. The molecule has 0 spiro atoms. The first-order valence-corrected chi connectivity index (χ1v) is 29.4. The molecule has 1 heteroatoms. The van der Waals surface area contributed by atoms with Crippen molar-refractivity contribution in [3.05, 3.63) is 182 Å². The van der Waals surface area contributed by atoms with Crippen LogP contribution < -0.4 is 51.4 Å². The van der Waals surface area contributed by atoms with Crippen molar-refractivity contribution in [2.75, 3.05) is 0 Å². The van der Waals surface area contributed by atoms with E-state index in [9.17, 15) is 0 Å². The van der Waals surface area contributed by atoms with E-state index in [1.807, 2.05) is 0 Å². The van der Waals surface area contributed by atoms with E-state index < -0.39 is 16.2 Å². The number of hydrogen-bond acceptors (Lipinski definition) is 0. The normalized spacial score (nSPS) is 24.6. The first-order valence-electron chi connectivity index (χ1n) is 29.4. The van der Waals surface area contributed by atoms with Crippen LogP contribution in [0.4, 0.5) is 0 Å². The van der Waals surface area contributed by atoms with E-state index in [-0.39, 0.29) is 51.4 Å². The van der Waals surface area contributed by atoms with Crippen molar-refractivity contribution in [3.8, 4) is 0 Å². The zero-order valence-corrected chi connectivity index (χ0v) is 45.0. The maximum absolute atomic E-state index is 2.63. The SMILES string of the molecule is [K+].c1ccc(C[C@]23[C]4[C]5[C]6[C]7[C]4[C@]4(c8ccccc8)c8c2c2c9c3c3c5c5c%10c6c6c%11c%12c%13c(c4c4c8c8c2c2c%14c9c9c3c5c3c5c%10c6c6c%12c%10c%12c%13c4c4c8c2c2c(c4%12)c4c%10c6c5c5c3c9c%14c2c54)[C@@]7%11c2ccccc2)cc1. The monoisotopic (exact) mass is 1000 g/mol. The molecule has 0 N–H and O–H groups in total. The number of hydrogen-bond donors (Lipinski definition) is 0. The summed E-state index contributed by atoms with van der Waals surface area (Å²) in [6, 6.07) is 36.8. The molecule has 26 aromatic rings. The van der Waals surface area contributed by atoms with Crippen LogP contribution in [0.2, 0.25) is 0 Å². The van der Waals surface area contributed by atoms with Gasteiger partial charge in [0.2, 0.25) is 0 Å². The zero-order chi connectivity index (χ0) is 47.5. The molecule has 333 valence electrons. The van der Waals surface area contributed by atoms with E-state index in [0.29, 0.717) is 0 Å². The van der Waals surface area contributed by atoms with Crippen LogP contribution in [0.3, 0.4) is 0 Å². The Morgan fingerprint density at radius 3 is 0.900 bits per heavy atom. The molecule has 35 rings (SSSR count). The molecule has 26 aromatic carbocycles. The molecule has 0 saturated heterocycles. The number of rotatable bonds is 4. The van der Waals surface area contributed by atoms with Crippen LogP contribution in [0, 0.1) is 29.6 Å². The molecular formula is C79H17K+. The van der Waals surface area contributed by atoms with Crippen molar-refractivity contribution in [1.29, 1.82) is 0 Å². The number of benzene rings is 18. The van der Waals surface area contributed by atoms with Crippen molar-refractivity contribution in [2.45, 2.75) is 22.7 Å². The second-order valence-corrected chi connectivity index (χ2v) is 28.2. The Bertz CT molecular complexity index is 7650. The van der Waals surface area contributed by atoms with Crippen LogP contribution in [-0.2, 0) is 22.7 Å². The van der Waals surface area contributed by atoms with Crippen LogP contribution in [0.1, 0.15) is 61.2 Å². The molecule has 80 heavy (non-hydrogen) atoms. The van der Waals surface area contributed by atoms with E-state index in [1.165, 1.54) is 16.7 Å². The summed E-state index contributed by atoms with van der Waals surface area (Å²) >= 11 is 0. The quantitative estimate of drug-likeness (QED) is 0.122. The fraction of sp³-hybridized carbons (Fsp3) is 0.0506. The molecule has 0 aromatic heterocycles. The summed E-state index contributed by atoms with van der Waals surface area (Å²) < 4.78 is 0. The summed E-state index contributed by atoms with van der Waals surface area (Å²) in [7, 11) is 0. The van der Waals surface area contributed by atoms with E-state index in [0.717, 1.165) is 6.42 Å². The first kappa shape index (κ1) is 34.0. The van der Waals surface area contributed by atoms with Crippen LogP contribution >= 0.6 is 0 Å². The predicted molar refractivity (Wildman–Crippen MR) is 324 cm³/mol. The van der Waals surface area contributed by atoms with Crippen molar-refractivity contribution >= 4 is 237 Å². The zero-order valence-electron chi connectivity index (χ0n) is 41.9. The smallest absolute Gasteiger partial charge is 0.0622 e. The Labute approximate surface area is 487 Å². The molecule has 9 aliphatic rings. The summed E-state index contributed by atoms with van der Waals surface area (Å²) in [4.78, 5) is 0. The molecule has 0 amide bonds. The average Bonchev–Trinajstić information content (AvgIpc) is 1.69. The van der Waals surface area contributed by atoms with Gasteiger partial charge in [-0.3, -0.25) is 0 Å². The van der Waals surface area contributed by atoms with E-state index in [4.69, 9.17) is 0 Å². The maximum atomic E-state index is 2.63. The molecule has 0 bridgehead atoms. The minimum Gasteiger partial charge on any atom is -0.0622 e. The Hall–Kier alpha value is -7.46. The summed E-state index contributed by atoms with van der Waals surface area (Å²) in [5, 5.41) is 72.5. The molecule has 1 saturated carbocycles. The molecule has 5 radical (unpaired) electrons. The van der Waals surface area contributed by atoms with E-state index >= 15 is 0 Å². The van der Waals surface area contributed by atoms with Gasteiger partial charge in [-0.2, -0.15) is 0 Å². The fourth-order valence-electron chi connectivity index (χ4n) is 27.2. The topological polar surface area (TPSA) is 0 Å². The van der Waals surface area contributed by atoms with Gasteiger partial charge in [-0.15, -0.1) is 0 Å². The van der Waals surface area contributed by atoms with Crippen LogP contribution in [0.25, 0.3) is 237 Å². The molecule has 0 heterocycles. The summed E-state index contributed by atoms with van der Waals surface area (Å²) in [5.74, 6) is 8.44. The van der Waals surface area contributed by atoms with Gasteiger partial charge in [-0.1, -0.05) is 91.0 Å². The van der Waals surface area contributed by atoms with Gasteiger partial charge in [0.1, 0.15) is 0 Å². The van der Waals surface area contributed by atoms with Gasteiger partial charge >= 0.3 is 51.4 Å². The maximum Gasteiger partial charge on any atom is 1.00 e. The van der Waals surface area contributed by atoms with Gasteiger partial charge < -0.3 is 0 Å². The van der Waals surface area contributed by atoms with Gasteiger partial charge in [0.25, 0.3) is 0 Å². The fourth-order valence-corrected chi connectivity index (χ4v) is 27.2. The molecule has 1 fully saturated rings. The predicted octanol–water partition coefficient (Wildman–Crippen LogP) is 16.0. The molecule has 0 nitrogen and oxygen atoms in total. The van der Waals surface area contributed by atoms with Crippen molar-refractivity contribution in [1.82, 2.24) is 0 Å². The molecule has 0 aliphatic heterocycles. The van der Waals surface area contributed by atoms with Crippen LogP contribution in [-0.4, -0.2) is 0 Å². The third-order valence-electron chi connectivity index (χ3n) is 27.5. The van der Waals surface area contributed by atoms with Crippen LogP contribution in [0.5, 0.6) is 0 Å². The van der Waals surface area contributed by atoms with Crippen molar-refractivity contribution in [3.63, 3.8) is 0 Å². The standard InChI is InChI=1S/C79H17.K/c1-4-10-17(11-5-1)16-77-68-58-48-42-28-26-21-20-22-24-25-23(20)31-33-27(21)29(28)43-45-44(42)56(58)63-67-57(45)59-49(43)47(33)51-37(31)39-35(25)41-40-34(24)38-36-30(22)32(26)46(48)50(36)60(68)62-52(38)53(40)65-66-55(41)54(39)64-61(51)69(59)78(18-12-6-2-7-13-18)73(64)74(66)79(72(65)70(62)77,19-14-8-3-9-15-19)76(71(63)77)75(67)78;/h1-15H,16H2;/q;+1/t77-,78+,79-;/m1./s1. The summed E-state index contributed by atoms with van der Waals surface area (Å²) in [6.45, 7) is 0. The minimum absolute atomic E-state index is 0. The summed E-state index contributed by atoms with van der Waals surface area (Å²) in [5.41, 5.74) is 16.5. The van der Waals surface area contributed by atoms with Gasteiger partial charge in [0.05, 0.1) is 10.8 Å². The minimum atomic E-state index is -0.516. The van der Waals surface area contributed by atoms with Crippen LogP contribution in [0.15, 0.2) is 91.0 Å². The average molecular weight is 1010 g/mol. The van der Waals surface area contributed by atoms with Gasteiger partial charge in [0, 0.05) is 35.0 Å². The molecule has 3 atom stereocenters. The Kier molecular flexibility index (Phi) is 3.54. The largest absolute Gasteiger partial charge is 1.00 e. The Balaban J connectivity index is 0.00000369. The third-order valence-corrected chi connectivity index (χ3v) is 27.5. The molecule has 9 aliphatic carbocycles. The van der Waals surface area contributed by atoms with Gasteiger partial charge in [-0.05, 0) is 305 Å². The first-order chi connectivity index (χ1) is 39.4. The van der Waals surface area contributed by atoms with Gasteiger partial charge in [-0.25, -0.2) is 0 Å².